The predicted molar refractivity (Wildman–Crippen MR) is 131 cm³/mol. The van der Waals surface area contributed by atoms with Crippen molar-refractivity contribution in [2.75, 3.05) is 32.9 Å². The standard InChI is InChI=1S/C25H25N3O6S/c1-4-32-25(30)22-15(3)21-23(26-19(27-24(21)35-22)13-28-7-9-31-10-8-28)33-16-5-6-17-14(2)11-20(29)34-18(17)12-16/h5-6,11-12H,4,7-10,13H2,1-3H3. The second kappa shape index (κ2) is 9.73. The SMILES string of the molecule is CCOC(=O)c1sc2nc(CN3CCOCC3)nc(Oc3ccc4c(C)cc(=O)oc4c3)c2c1C. The molecule has 0 aliphatic carbocycles. The second-order valence-electron chi connectivity index (χ2n) is 8.30. The Bertz CT molecular complexity index is 1470. The highest BCUT2D eigenvalue weighted by molar-refractivity contribution is 7.20. The van der Waals surface area contributed by atoms with Crippen LogP contribution in [0.25, 0.3) is 21.2 Å². The zero-order chi connectivity index (χ0) is 24.5. The largest absolute Gasteiger partial charge is 0.462 e. The van der Waals surface area contributed by atoms with E-state index in [1.165, 1.54) is 17.4 Å². The Labute approximate surface area is 205 Å². The van der Waals surface area contributed by atoms with Gasteiger partial charge >= 0.3 is 11.6 Å². The minimum Gasteiger partial charge on any atom is -0.462 e. The molecule has 182 valence electrons. The highest BCUT2D eigenvalue weighted by Gasteiger charge is 2.24. The lowest BCUT2D eigenvalue weighted by atomic mass is 10.1. The molecule has 1 aromatic carbocycles. The van der Waals surface area contributed by atoms with Crippen LogP contribution >= 0.6 is 11.3 Å². The average molecular weight is 496 g/mol. The van der Waals surface area contributed by atoms with E-state index in [1.54, 1.807) is 19.1 Å². The third kappa shape index (κ3) is 4.77. The van der Waals surface area contributed by atoms with Gasteiger partial charge in [-0.1, -0.05) is 0 Å². The van der Waals surface area contributed by atoms with Crippen LogP contribution in [0.5, 0.6) is 11.6 Å². The van der Waals surface area contributed by atoms with Gasteiger partial charge in [-0.25, -0.2) is 14.6 Å². The molecule has 0 unspecified atom stereocenters. The molecule has 9 nitrogen and oxygen atoms in total. The number of carbonyl (C=O) groups is 1. The normalized spacial score (nSPS) is 14.5. The van der Waals surface area contributed by atoms with E-state index in [1.807, 2.05) is 19.9 Å². The lowest BCUT2D eigenvalue weighted by Crippen LogP contribution is -2.36. The Kier molecular flexibility index (Phi) is 6.50. The first-order chi connectivity index (χ1) is 16.9. The van der Waals surface area contributed by atoms with Gasteiger partial charge in [0.05, 0.1) is 31.8 Å². The lowest BCUT2D eigenvalue weighted by molar-refractivity contribution is 0.0330. The third-order valence-electron chi connectivity index (χ3n) is 5.87. The molecule has 35 heavy (non-hydrogen) atoms. The van der Waals surface area contributed by atoms with E-state index in [9.17, 15) is 9.59 Å². The summed E-state index contributed by atoms with van der Waals surface area (Å²) in [5, 5.41) is 1.49. The van der Waals surface area contributed by atoms with Crippen molar-refractivity contribution < 1.29 is 23.4 Å². The van der Waals surface area contributed by atoms with Gasteiger partial charge in [0.2, 0.25) is 5.88 Å². The van der Waals surface area contributed by atoms with E-state index >= 15 is 0 Å². The summed E-state index contributed by atoms with van der Waals surface area (Å²) in [6, 6.07) is 6.78. The number of aromatic nitrogens is 2. The summed E-state index contributed by atoms with van der Waals surface area (Å²) in [4.78, 5) is 37.2. The number of hydrogen-bond donors (Lipinski definition) is 0. The fourth-order valence-corrected chi connectivity index (χ4v) is 5.20. The zero-order valence-corrected chi connectivity index (χ0v) is 20.6. The molecule has 4 heterocycles. The van der Waals surface area contributed by atoms with Crippen LogP contribution in [-0.2, 0) is 16.0 Å². The summed E-state index contributed by atoms with van der Waals surface area (Å²) >= 11 is 1.27. The van der Waals surface area contributed by atoms with Crippen LogP contribution < -0.4 is 10.4 Å². The summed E-state index contributed by atoms with van der Waals surface area (Å²) in [6.45, 7) is 9.20. The maximum absolute atomic E-state index is 12.6. The number of aryl methyl sites for hydroxylation is 2. The molecule has 0 spiro atoms. The Morgan fingerprint density at radius 3 is 2.74 bits per heavy atom. The van der Waals surface area contributed by atoms with Crippen LogP contribution in [0, 0.1) is 13.8 Å². The maximum atomic E-state index is 12.6. The first-order valence-electron chi connectivity index (χ1n) is 11.4. The zero-order valence-electron chi connectivity index (χ0n) is 19.8. The molecule has 5 rings (SSSR count). The minimum absolute atomic E-state index is 0.283. The van der Waals surface area contributed by atoms with E-state index in [-0.39, 0.29) is 6.61 Å². The van der Waals surface area contributed by atoms with E-state index in [0.717, 1.165) is 24.0 Å². The van der Waals surface area contributed by atoms with Crippen LogP contribution in [0.1, 0.15) is 33.5 Å². The van der Waals surface area contributed by atoms with E-state index < -0.39 is 11.6 Å². The number of ether oxygens (including phenoxy) is 3. The maximum Gasteiger partial charge on any atom is 0.348 e. The number of morpholine rings is 1. The number of hydrogen-bond acceptors (Lipinski definition) is 10. The monoisotopic (exact) mass is 495 g/mol. The van der Waals surface area contributed by atoms with Crippen LogP contribution in [0.4, 0.5) is 0 Å². The van der Waals surface area contributed by atoms with Gasteiger partial charge in [-0.2, -0.15) is 4.98 Å². The van der Waals surface area contributed by atoms with E-state index in [4.69, 9.17) is 28.6 Å². The van der Waals surface area contributed by atoms with Crippen molar-refractivity contribution in [3.63, 3.8) is 0 Å². The number of carbonyl (C=O) groups excluding carboxylic acids is 1. The predicted octanol–water partition coefficient (Wildman–Crippen LogP) is 4.22. The Balaban J connectivity index is 1.59. The van der Waals surface area contributed by atoms with Gasteiger partial charge in [-0.3, -0.25) is 4.90 Å². The van der Waals surface area contributed by atoms with Crippen molar-refractivity contribution in [2.45, 2.75) is 27.3 Å². The van der Waals surface area contributed by atoms with Crippen LogP contribution in [0.2, 0.25) is 0 Å². The van der Waals surface area contributed by atoms with Crippen molar-refractivity contribution in [1.29, 1.82) is 0 Å². The minimum atomic E-state index is -0.419. The molecule has 4 aromatic rings. The van der Waals surface area contributed by atoms with E-state index in [0.29, 0.717) is 63.5 Å². The molecule has 0 amide bonds. The fraction of sp³-hybridized carbons (Fsp3) is 0.360. The summed E-state index contributed by atoms with van der Waals surface area (Å²) < 4.78 is 22.3. The summed E-state index contributed by atoms with van der Waals surface area (Å²) in [6.07, 6.45) is 0. The van der Waals surface area contributed by atoms with Gasteiger partial charge in [-0.15, -0.1) is 11.3 Å². The second-order valence-corrected chi connectivity index (χ2v) is 9.30. The Morgan fingerprint density at radius 2 is 1.97 bits per heavy atom. The molecule has 10 heteroatoms. The summed E-state index contributed by atoms with van der Waals surface area (Å²) in [5.41, 5.74) is 1.55. The van der Waals surface area contributed by atoms with E-state index in [2.05, 4.69) is 4.90 Å². The number of fused-ring (bicyclic) bond motifs is 2. The summed E-state index contributed by atoms with van der Waals surface area (Å²) in [7, 11) is 0. The Hall–Kier alpha value is -3.34. The fourth-order valence-electron chi connectivity index (χ4n) is 4.12. The molecule has 1 aliphatic heterocycles. The molecule has 3 aromatic heterocycles. The van der Waals surface area contributed by atoms with Crippen LogP contribution in [0.3, 0.4) is 0 Å². The first kappa shape index (κ1) is 23.4. The molecule has 0 bridgehead atoms. The topological polar surface area (TPSA) is 104 Å². The molecule has 0 saturated carbocycles. The highest BCUT2D eigenvalue weighted by Crippen LogP contribution is 2.38. The van der Waals surface area contributed by atoms with Gasteiger partial charge in [0.15, 0.2) is 0 Å². The molecule has 1 saturated heterocycles. The van der Waals surface area contributed by atoms with Crippen LogP contribution in [-0.4, -0.2) is 53.7 Å². The molecule has 1 fully saturated rings. The van der Waals surface area contributed by atoms with Crippen LogP contribution in [0.15, 0.2) is 33.5 Å². The van der Waals surface area contributed by atoms with Crippen molar-refractivity contribution in [2.24, 2.45) is 0 Å². The average Bonchev–Trinajstić information content (AvgIpc) is 3.16. The Morgan fingerprint density at radius 1 is 1.17 bits per heavy atom. The molecule has 0 atom stereocenters. The smallest absolute Gasteiger partial charge is 0.348 e. The lowest BCUT2D eigenvalue weighted by Gasteiger charge is -2.25. The molecular formula is C25H25N3O6S. The van der Waals surface area contributed by atoms with Gasteiger partial charge < -0.3 is 18.6 Å². The summed E-state index contributed by atoms with van der Waals surface area (Å²) in [5.74, 6) is 1.01. The number of benzene rings is 1. The molecule has 1 aliphatic rings. The van der Waals surface area contributed by atoms with Crippen molar-refractivity contribution in [3.05, 3.63) is 56.5 Å². The molecule has 0 radical (unpaired) electrons. The van der Waals surface area contributed by atoms with Gasteiger partial charge in [0, 0.05) is 30.6 Å². The van der Waals surface area contributed by atoms with Crippen molar-refractivity contribution in [1.82, 2.24) is 14.9 Å². The quantitative estimate of drug-likeness (QED) is 0.287. The molecule has 0 N–H and O–H groups in total. The number of rotatable bonds is 6. The van der Waals surface area contributed by atoms with Gasteiger partial charge in [-0.05, 0) is 44.0 Å². The van der Waals surface area contributed by atoms with Gasteiger partial charge in [0.25, 0.3) is 0 Å². The number of thiophene rings is 1. The van der Waals surface area contributed by atoms with Gasteiger partial charge in [0.1, 0.15) is 26.9 Å². The van der Waals surface area contributed by atoms with Crippen molar-refractivity contribution in [3.8, 4) is 11.6 Å². The number of esters is 1. The third-order valence-corrected chi connectivity index (χ3v) is 7.04. The first-order valence-corrected chi connectivity index (χ1v) is 12.2. The highest BCUT2D eigenvalue weighted by atomic mass is 32.1. The van der Waals surface area contributed by atoms with Crippen molar-refractivity contribution >= 4 is 38.5 Å². The molecular weight excluding hydrogens is 470 g/mol. The number of nitrogens with zero attached hydrogens (tertiary/aromatic N) is 3.